The second kappa shape index (κ2) is 9.79. The van der Waals surface area contributed by atoms with Crippen LogP contribution in [0.3, 0.4) is 0 Å². The monoisotopic (exact) mass is 531 g/mol. The third kappa shape index (κ3) is 3.67. The standard InChI is InChI=1S/C34H29NO5/c1-3-40-32(38)30-29(37)20-27(23-12-5-4-6-13-23)34(26-15-9-10-16-28(26)35(21(2)36)33(34)39)31(30)25-18-17-22-11-7-8-14-24(22)19-25/h4-19,27,31,37H,3,20H2,1-2H3. The first-order valence-corrected chi connectivity index (χ1v) is 13.5. The van der Waals surface area contributed by atoms with Crippen molar-refractivity contribution in [3.8, 4) is 0 Å². The smallest absolute Gasteiger partial charge is 0.338 e. The molecule has 0 aromatic heterocycles. The lowest BCUT2D eigenvalue weighted by Gasteiger charge is -2.47. The highest BCUT2D eigenvalue weighted by Crippen LogP contribution is 2.63. The summed E-state index contributed by atoms with van der Waals surface area (Å²) in [6.07, 6.45) is 0.0358. The molecule has 6 rings (SSSR count). The van der Waals surface area contributed by atoms with Crippen LogP contribution in [0.4, 0.5) is 5.69 Å². The molecule has 0 saturated heterocycles. The van der Waals surface area contributed by atoms with Gasteiger partial charge in [0.1, 0.15) is 5.76 Å². The number of fused-ring (bicyclic) bond motifs is 3. The minimum Gasteiger partial charge on any atom is -0.512 e. The molecule has 0 saturated carbocycles. The van der Waals surface area contributed by atoms with E-state index in [2.05, 4.69) is 0 Å². The van der Waals surface area contributed by atoms with Crippen molar-refractivity contribution in [2.24, 2.45) is 0 Å². The van der Waals surface area contributed by atoms with Crippen LogP contribution >= 0.6 is 0 Å². The van der Waals surface area contributed by atoms with Gasteiger partial charge in [0.2, 0.25) is 11.8 Å². The number of benzene rings is 4. The fraction of sp³-hybridized carbons (Fsp3) is 0.206. The molecule has 1 spiro atoms. The van der Waals surface area contributed by atoms with Gasteiger partial charge in [-0.15, -0.1) is 0 Å². The maximum absolute atomic E-state index is 14.9. The second-order valence-corrected chi connectivity index (χ2v) is 10.3. The SMILES string of the molecule is CCOC(=O)C1=C(O)CC(c2ccccc2)C2(C(=O)N(C(C)=O)c3ccccc32)C1c1ccc2ccccc2c1. The Bertz CT molecular complexity index is 1690. The summed E-state index contributed by atoms with van der Waals surface area (Å²) in [7, 11) is 0. The number of anilines is 1. The van der Waals surface area contributed by atoms with E-state index in [0.29, 0.717) is 16.8 Å². The van der Waals surface area contributed by atoms with Crippen LogP contribution in [0.15, 0.2) is 108 Å². The van der Waals surface area contributed by atoms with Crippen molar-refractivity contribution < 1.29 is 24.2 Å². The van der Waals surface area contributed by atoms with E-state index in [1.165, 1.54) is 11.8 Å². The van der Waals surface area contributed by atoms with Gasteiger partial charge in [-0.05, 0) is 40.5 Å². The van der Waals surface area contributed by atoms with Gasteiger partial charge in [0.15, 0.2) is 0 Å². The van der Waals surface area contributed by atoms with E-state index in [0.717, 1.165) is 16.3 Å². The number of para-hydroxylation sites is 1. The fourth-order valence-electron chi connectivity index (χ4n) is 6.74. The molecule has 0 fully saturated rings. The number of carbonyl (C=O) groups excluding carboxylic acids is 3. The van der Waals surface area contributed by atoms with Crippen molar-refractivity contribution in [1.29, 1.82) is 0 Å². The van der Waals surface area contributed by atoms with Gasteiger partial charge in [-0.2, -0.15) is 0 Å². The van der Waals surface area contributed by atoms with E-state index in [4.69, 9.17) is 4.74 Å². The zero-order valence-electron chi connectivity index (χ0n) is 22.3. The molecular formula is C34H29NO5. The number of imide groups is 1. The Morgan fingerprint density at radius 3 is 2.30 bits per heavy atom. The van der Waals surface area contributed by atoms with E-state index in [9.17, 15) is 19.5 Å². The van der Waals surface area contributed by atoms with E-state index in [1.54, 1.807) is 19.1 Å². The number of aliphatic hydroxyl groups is 1. The largest absolute Gasteiger partial charge is 0.512 e. The first kappa shape index (κ1) is 25.6. The van der Waals surface area contributed by atoms with E-state index < -0.39 is 35.0 Å². The van der Waals surface area contributed by atoms with Crippen LogP contribution < -0.4 is 4.90 Å². The van der Waals surface area contributed by atoms with Gasteiger partial charge in [0, 0.05) is 25.2 Å². The highest BCUT2D eigenvalue weighted by Gasteiger charge is 2.65. The summed E-state index contributed by atoms with van der Waals surface area (Å²) in [6, 6.07) is 30.5. The Hall–Kier alpha value is -4.71. The topological polar surface area (TPSA) is 83.9 Å². The van der Waals surface area contributed by atoms with Gasteiger partial charge in [0.25, 0.3) is 0 Å². The van der Waals surface area contributed by atoms with Gasteiger partial charge < -0.3 is 9.84 Å². The summed E-state index contributed by atoms with van der Waals surface area (Å²) >= 11 is 0. The second-order valence-electron chi connectivity index (χ2n) is 10.3. The van der Waals surface area contributed by atoms with Crippen molar-refractivity contribution >= 4 is 34.2 Å². The summed E-state index contributed by atoms with van der Waals surface area (Å²) in [5, 5.41) is 13.5. The van der Waals surface area contributed by atoms with Gasteiger partial charge in [-0.3, -0.25) is 9.59 Å². The van der Waals surface area contributed by atoms with Crippen LogP contribution in [0.25, 0.3) is 10.8 Å². The lowest BCUT2D eigenvalue weighted by Crippen LogP contribution is -2.53. The highest BCUT2D eigenvalue weighted by molar-refractivity contribution is 6.24. The first-order valence-electron chi connectivity index (χ1n) is 13.5. The number of aliphatic hydroxyl groups excluding tert-OH is 1. The number of rotatable bonds is 4. The number of hydrogen-bond acceptors (Lipinski definition) is 5. The van der Waals surface area contributed by atoms with Crippen molar-refractivity contribution in [3.05, 3.63) is 125 Å². The van der Waals surface area contributed by atoms with Gasteiger partial charge in [0.05, 0.1) is 23.3 Å². The molecule has 200 valence electrons. The molecule has 1 aliphatic heterocycles. The number of esters is 1. The molecule has 0 bridgehead atoms. The predicted molar refractivity (Wildman–Crippen MR) is 153 cm³/mol. The third-order valence-electron chi connectivity index (χ3n) is 8.27. The predicted octanol–water partition coefficient (Wildman–Crippen LogP) is 6.32. The Kier molecular flexibility index (Phi) is 6.26. The van der Waals surface area contributed by atoms with Gasteiger partial charge in [-0.25, -0.2) is 9.69 Å². The van der Waals surface area contributed by atoms with Crippen LogP contribution in [-0.4, -0.2) is 29.5 Å². The maximum Gasteiger partial charge on any atom is 0.338 e. The molecule has 4 aromatic rings. The summed E-state index contributed by atoms with van der Waals surface area (Å²) in [6.45, 7) is 3.19. The van der Waals surface area contributed by atoms with E-state index >= 15 is 0 Å². The molecule has 3 atom stereocenters. The van der Waals surface area contributed by atoms with E-state index in [-0.39, 0.29) is 24.4 Å². The molecule has 0 radical (unpaired) electrons. The zero-order valence-corrected chi connectivity index (χ0v) is 22.3. The minimum atomic E-state index is -1.40. The van der Waals surface area contributed by atoms with Crippen molar-refractivity contribution in [2.45, 2.75) is 37.5 Å². The molecule has 4 aromatic carbocycles. The number of allylic oxidation sites excluding steroid dienone is 1. The Balaban J connectivity index is 1.75. The lowest BCUT2D eigenvalue weighted by atomic mass is 9.53. The lowest BCUT2D eigenvalue weighted by molar-refractivity contribution is -0.139. The molecule has 3 unspecified atom stereocenters. The molecular weight excluding hydrogens is 502 g/mol. The van der Waals surface area contributed by atoms with Crippen LogP contribution in [0.2, 0.25) is 0 Å². The van der Waals surface area contributed by atoms with Gasteiger partial charge >= 0.3 is 5.97 Å². The number of carbonyl (C=O) groups is 3. The average molecular weight is 532 g/mol. The number of hydrogen-bond donors (Lipinski definition) is 1. The van der Waals surface area contributed by atoms with Crippen molar-refractivity contribution in [2.75, 3.05) is 11.5 Å². The molecule has 6 nitrogen and oxygen atoms in total. The number of ether oxygens (including phenoxy) is 1. The van der Waals surface area contributed by atoms with Crippen LogP contribution in [0.5, 0.6) is 0 Å². The minimum absolute atomic E-state index is 0.0358. The van der Waals surface area contributed by atoms with Crippen molar-refractivity contribution in [1.82, 2.24) is 0 Å². The maximum atomic E-state index is 14.9. The zero-order chi connectivity index (χ0) is 28.0. The molecule has 1 heterocycles. The normalized spacial score (nSPS) is 22.1. The fourth-order valence-corrected chi connectivity index (χ4v) is 6.74. The van der Waals surface area contributed by atoms with Crippen LogP contribution in [-0.2, 0) is 24.5 Å². The first-order chi connectivity index (χ1) is 19.4. The average Bonchev–Trinajstić information content (AvgIpc) is 3.22. The Labute approximate surface area is 232 Å². The summed E-state index contributed by atoms with van der Waals surface area (Å²) in [5.41, 5.74) is 1.31. The molecule has 2 aliphatic rings. The third-order valence-corrected chi connectivity index (χ3v) is 8.27. The van der Waals surface area contributed by atoms with E-state index in [1.807, 2.05) is 84.9 Å². The Morgan fingerprint density at radius 2 is 1.57 bits per heavy atom. The summed E-state index contributed by atoms with van der Waals surface area (Å²) < 4.78 is 5.48. The molecule has 40 heavy (non-hydrogen) atoms. The van der Waals surface area contributed by atoms with Crippen LogP contribution in [0, 0.1) is 0 Å². The highest BCUT2D eigenvalue weighted by atomic mass is 16.5. The number of nitrogens with zero attached hydrogens (tertiary/aromatic N) is 1. The molecule has 2 amide bonds. The summed E-state index contributed by atoms with van der Waals surface area (Å²) in [5.74, 6) is -3.09. The molecule has 6 heteroatoms. The molecule has 1 aliphatic carbocycles. The Morgan fingerprint density at radius 1 is 0.900 bits per heavy atom. The van der Waals surface area contributed by atoms with Crippen LogP contribution in [0.1, 0.15) is 48.8 Å². The van der Waals surface area contributed by atoms with Crippen molar-refractivity contribution in [3.63, 3.8) is 0 Å². The van der Waals surface area contributed by atoms with Gasteiger partial charge in [-0.1, -0.05) is 91.0 Å². The quantitative estimate of drug-likeness (QED) is 0.312. The summed E-state index contributed by atoms with van der Waals surface area (Å²) in [4.78, 5) is 42.8. The number of amides is 2. The molecule has 1 N–H and O–H groups in total.